The Morgan fingerprint density at radius 3 is 1.70 bits per heavy atom. The largest absolute Gasteiger partial charge is 0.251 e. The van der Waals surface area contributed by atoms with Crippen LogP contribution in [0.3, 0.4) is 0 Å². The molecule has 3 heterocycles. The van der Waals surface area contributed by atoms with E-state index in [0.29, 0.717) is 5.82 Å². The second-order valence-electron chi connectivity index (χ2n) is 11.7. The Kier molecular flexibility index (Phi) is 6.88. The summed E-state index contributed by atoms with van der Waals surface area (Å²) in [5.41, 5.74) is 13.1. The summed E-state index contributed by atoms with van der Waals surface area (Å²) in [6.45, 7) is 4.17. The van der Waals surface area contributed by atoms with Gasteiger partial charge in [-0.05, 0) is 54.8 Å². The van der Waals surface area contributed by atoms with Crippen LogP contribution in [0.15, 0.2) is 146 Å². The smallest absolute Gasteiger partial charge is 0.160 e. The van der Waals surface area contributed by atoms with E-state index < -0.39 is 0 Å². The number of nitrogens with zero attached hydrogens (tertiary/aromatic N) is 4. The molecule has 0 radical (unpaired) electrons. The van der Waals surface area contributed by atoms with Gasteiger partial charge in [-0.3, -0.25) is 4.98 Å². The van der Waals surface area contributed by atoms with E-state index in [9.17, 15) is 0 Å². The standard InChI is InChI=1S/C42H30N4/c1-27-24-28(2)43-41-36(27)22-20-32-21-23-37(44-40(32)41)34-14-9-15-35(25-34)39-26-38(31-12-7-4-8-13-31)45-42(46-39)33-18-16-30(17-19-33)29-10-5-3-6-11-29/h3-26H,1-2H3. The van der Waals surface area contributed by atoms with Crippen molar-refractivity contribution in [2.75, 3.05) is 0 Å². The van der Waals surface area contributed by atoms with Gasteiger partial charge >= 0.3 is 0 Å². The monoisotopic (exact) mass is 590 g/mol. The van der Waals surface area contributed by atoms with Crippen LogP contribution in [0.5, 0.6) is 0 Å². The maximum atomic E-state index is 5.16. The van der Waals surface area contributed by atoms with Gasteiger partial charge in [-0.1, -0.05) is 121 Å². The molecule has 0 aliphatic rings. The van der Waals surface area contributed by atoms with Gasteiger partial charge in [0.25, 0.3) is 0 Å². The Labute approximate surface area is 268 Å². The lowest BCUT2D eigenvalue weighted by Gasteiger charge is -2.11. The summed E-state index contributed by atoms with van der Waals surface area (Å²) in [6, 6.07) is 50.3. The molecular weight excluding hydrogens is 560 g/mol. The van der Waals surface area contributed by atoms with Gasteiger partial charge in [-0.25, -0.2) is 15.0 Å². The third-order valence-corrected chi connectivity index (χ3v) is 8.47. The molecule has 0 aliphatic heterocycles. The molecule has 3 aromatic heterocycles. The molecule has 0 unspecified atom stereocenters. The molecule has 218 valence electrons. The average Bonchev–Trinajstić information content (AvgIpc) is 3.12. The van der Waals surface area contributed by atoms with Crippen molar-refractivity contribution in [2.45, 2.75) is 13.8 Å². The van der Waals surface area contributed by atoms with E-state index in [1.165, 1.54) is 11.1 Å². The summed E-state index contributed by atoms with van der Waals surface area (Å²) in [5, 5.41) is 2.21. The average molecular weight is 591 g/mol. The van der Waals surface area contributed by atoms with Crippen molar-refractivity contribution in [2.24, 2.45) is 0 Å². The molecule has 8 aromatic rings. The van der Waals surface area contributed by atoms with E-state index in [2.05, 4.69) is 128 Å². The molecule has 4 heteroatoms. The van der Waals surface area contributed by atoms with Crippen molar-refractivity contribution in [3.05, 3.63) is 157 Å². The van der Waals surface area contributed by atoms with Crippen LogP contribution in [-0.4, -0.2) is 19.9 Å². The minimum atomic E-state index is 0.688. The molecule has 8 rings (SSSR count). The minimum absolute atomic E-state index is 0.688. The quantitative estimate of drug-likeness (QED) is 0.187. The number of hydrogen-bond donors (Lipinski definition) is 0. The molecule has 0 saturated heterocycles. The molecule has 0 bridgehead atoms. The molecule has 0 saturated carbocycles. The zero-order valence-electron chi connectivity index (χ0n) is 25.6. The highest BCUT2D eigenvalue weighted by atomic mass is 14.9. The van der Waals surface area contributed by atoms with Gasteiger partial charge in [-0.15, -0.1) is 0 Å². The fraction of sp³-hybridized carbons (Fsp3) is 0.0476. The highest BCUT2D eigenvalue weighted by molar-refractivity contribution is 6.04. The Bertz CT molecular complexity index is 2360. The first-order valence-corrected chi connectivity index (χ1v) is 15.5. The molecule has 0 spiro atoms. The molecule has 0 atom stereocenters. The maximum absolute atomic E-state index is 5.16. The first kappa shape index (κ1) is 27.5. The lowest BCUT2D eigenvalue weighted by molar-refractivity contribution is 1.18. The third kappa shape index (κ3) is 5.20. The van der Waals surface area contributed by atoms with Gasteiger partial charge in [0.05, 0.1) is 28.1 Å². The van der Waals surface area contributed by atoms with Crippen molar-refractivity contribution < 1.29 is 0 Å². The van der Waals surface area contributed by atoms with E-state index in [1.54, 1.807) is 0 Å². The number of pyridine rings is 2. The number of rotatable bonds is 5. The van der Waals surface area contributed by atoms with Gasteiger partial charge in [0.1, 0.15) is 0 Å². The van der Waals surface area contributed by atoms with Crippen molar-refractivity contribution in [3.8, 4) is 56.3 Å². The van der Waals surface area contributed by atoms with Crippen LogP contribution in [0, 0.1) is 13.8 Å². The van der Waals surface area contributed by atoms with E-state index in [4.69, 9.17) is 19.9 Å². The highest BCUT2D eigenvalue weighted by Crippen LogP contribution is 2.32. The van der Waals surface area contributed by atoms with Gasteiger partial charge in [-0.2, -0.15) is 0 Å². The van der Waals surface area contributed by atoms with Crippen LogP contribution in [-0.2, 0) is 0 Å². The number of hydrogen-bond acceptors (Lipinski definition) is 4. The maximum Gasteiger partial charge on any atom is 0.160 e. The lowest BCUT2D eigenvalue weighted by atomic mass is 10.0. The van der Waals surface area contributed by atoms with Crippen LogP contribution in [0.2, 0.25) is 0 Å². The molecule has 46 heavy (non-hydrogen) atoms. The molecular formula is C42H30N4. The lowest BCUT2D eigenvalue weighted by Crippen LogP contribution is -1.96. The topological polar surface area (TPSA) is 51.6 Å². The number of fused-ring (bicyclic) bond motifs is 3. The molecule has 0 fully saturated rings. The second-order valence-corrected chi connectivity index (χ2v) is 11.7. The summed E-state index contributed by atoms with van der Waals surface area (Å²) in [4.78, 5) is 20.2. The Morgan fingerprint density at radius 1 is 0.370 bits per heavy atom. The van der Waals surface area contributed by atoms with Crippen molar-refractivity contribution in [1.29, 1.82) is 0 Å². The highest BCUT2D eigenvalue weighted by Gasteiger charge is 2.13. The Morgan fingerprint density at radius 2 is 0.957 bits per heavy atom. The van der Waals surface area contributed by atoms with Crippen LogP contribution < -0.4 is 0 Å². The fourth-order valence-electron chi connectivity index (χ4n) is 6.13. The van der Waals surface area contributed by atoms with Gasteiger partial charge in [0, 0.05) is 38.7 Å². The summed E-state index contributed by atoms with van der Waals surface area (Å²) >= 11 is 0. The van der Waals surface area contributed by atoms with Gasteiger partial charge < -0.3 is 0 Å². The zero-order valence-corrected chi connectivity index (χ0v) is 25.6. The normalized spacial score (nSPS) is 11.3. The molecule has 4 nitrogen and oxygen atoms in total. The first-order valence-electron chi connectivity index (χ1n) is 15.5. The molecule has 0 amide bonds. The van der Waals surface area contributed by atoms with Gasteiger partial charge in [0.2, 0.25) is 0 Å². The number of aryl methyl sites for hydroxylation is 2. The number of aromatic nitrogens is 4. The Hall–Kier alpha value is -6.00. The summed E-state index contributed by atoms with van der Waals surface area (Å²) in [7, 11) is 0. The second kappa shape index (κ2) is 11.5. The summed E-state index contributed by atoms with van der Waals surface area (Å²) in [5.74, 6) is 0.688. The predicted octanol–water partition coefficient (Wildman–Crippen LogP) is 10.5. The van der Waals surface area contributed by atoms with E-state index in [0.717, 1.165) is 72.4 Å². The Balaban J connectivity index is 1.23. The number of benzene rings is 5. The van der Waals surface area contributed by atoms with E-state index in [1.807, 2.05) is 31.2 Å². The van der Waals surface area contributed by atoms with Crippen LogP contribution in [0.1, 0.15) is 11.3 Å². The SMILES string of the molecule is Cc1cc(C)c2ccc3ccc(-c4cccc(-c5cc(-c6ccccc6)nc(-c6ccc(-c7ccccc7)cc6)n5)c4)nc3c2n1. The fourth-order valence-corrected chi connectivity index (χ4v) is 6.13. The van der Waals surface area contributed by atoms with E-state index >= 15 is 0 Å². The molecule has 5 aromatic carbocycles. The van der Waals surface area contributed by atoms with Crippen molar-refractivity contribution in [3.63, 3.8) is 0 Å². The third-order valence-electron chi connectivity index (χ3n) is 8.47. The van der Waals surface area contributed by atoms with Gasteiger partial charge in [0.15, 0.2) is 5.82 Å². The molecule has 0 N–H and O–H groups in total. The minimum Gasteiger partial charge on any atom is -0.251 e. The van der Waals surface area contributed by atoms with Crippen LogP contribution in [0.25, 0.3) is 78.1 Å². The predicted molar refractivity (Wildman–Crippen MR) is 189 cm³/mol. The zero-order chi connectivity index (χ0) is 31.0. The van der Waals surface area contributed by atoms with Crippen molar-refractivity contribution >= 4 is 21.8 Å². The summed E-state index contributed by atoms with van der Waals surface area (Å²) in [6.07, 6.45) is 0. The van der Waals surface area contributed by atoms with Crippen molar-refractivity contribution in [1.82, 2.24) is 19.9 Å². The molecule has 0 aliphatic carbocycles. The van der Waals surface area contributed by atoms with E-state index in [-0.39, 0.29) is 0 Å². The van der Waals surface area contributed by atoms with Crippen LogP contribution in [0.4, 0.5) is 0 Å². The van der Waals surface area contributed by atoms with Crippen LogP contribution >= 0.6 is 0 Å². The summed E-state index contributed by atoms with van der Waals surface area (Å²) < 4.78 is 0. The first-order chi connectivity index (χ1) is 22.6.